The molecule has 2 aromatic carbocycles. The van der Waals surface area contributed by atoms with Gasteiger partial charge in [-0.3, -0.25) is 0 Å². The highest BCUT2D eigenvalue weighted by Gasteiger charge is 2.38. The van der Waals surface area contributed by atoms with Crippen molar-refractivity contribution < 1.29 is 14.9 Å². The number of hydrogen-bond donors (Lipinski definition) is 3. The maximum absolute atomic E-state index is 9.97. The van der Waals surface area contributed by atoms with Crippen LogP contribution in [0.5, 0.6) is 11.5 Å². The summed E-state index contributed by atoms with van der Waals surface area (Å²) in [4.78, 5) is 2.60. The third kappa shape index (κ3) is 5.53. The molecule has 0 aromatic heterocycles. The van der Waals surface area contributed by atoms with Crippen LogP contribution < -0.4 is 5.32 Å². The lowest BCUT2D eigenvalue weighted by Crippen LogP contribution is -2.53. The molecule has 4 rings (SSSR count). The Kier molecular flexibility index (Phi) is 7.32. The minimum atomic E-state index is 0.0910. The average Bonchev–Trinajstić information content (AvgIpc) is 2.78. The van der Waals surface area contributed by atoms with Crippen LogP contribution in [0.2, 0.25) is 0 Å². The second kappa shape index (κ2) is 10.0. The number of ether oxygens (including phenoxy) is 1. The zero-order valence-corrected chi connectivity index (χ0v) is 20.6. The lowest BCUT2D eigenvalue weighted by atomic mass is 9.68. The maximum atomic E-state index is 9.97. The number of fused-ring (bicyclic) bond motifs is 1. The van der Waals surface area contributed by atoms with Crippen LogP contribution in [0.3, 0.4) is 0 Å². The molecular formula is C28H40N2O3. The van der Waals surface area contributed by atoms with E-state index in [1.54, 1.807) is 12.1 Å². The number of nitrogens with zero attached hydrogens (tertiary/aromatic N) is 1. The van der Waals surface area contributed by atoms with Gasteiger partial charge in [0.25, 0.3) is 0 Å². The number of likely N-dealkylation sites (tertiary alicyclic amines) is 1. The van der Waals surface area contributed by atoms with E-state index in [4.69, 9.17) is 4.74 Å². The number of hydrogen-bond acceptors (Lipinski definition) is 5. The van der Waals surface area contributed by atoms with Crippen LogP contribution in [-0.2, 0) is 23.2 Å². The fourth-order valence-electron chi connectivity index (χ4n) is 5.43. The van der Waals surface area contributed by atoms with Gasteiger partial charge in [0.05, 0.1) is 12.7 Å². The number of benzene rings is 2. The minimum Gasteiger partial charge on any atom is -0.508 e. The average molecular weight is 453 g/mol. The number of aromatic hydroxyl groups is 2. The zero-order chi connectivity index (χ0) is 23.6. The monoisotopic (exact) mass is 452 g/mol. The Morgan fingerprint density at radius 3 is 2.64 bits per heavy atom. The van der Waals surface area contributed by atoms with Crippen molar-refractivity contribution in [2.45, 2.75) is 64.7 Å². The quantitative estimate of drug-likeness (QED) is 0.579. The summed E-state index contributed by atoms with van der Waals surface area (Å²) in [6.45, 7) is 13.9. The van der Waals surface area contributed by atoms with Gasteiger partial charge >= 0.3 is 0 Å². The second-order valence-electron chi connectivity index (χ2n) is 10.7. The summed E-state index contributed by atoms with van der Waals surface area (Å²) in [6.07, 6.45) is 2.14. The first-order valence-corrected chi connectivity index (χ1v) is 12.4. The van der Waals surface area contributed by atoms with Gasteiger partial charge in [0.1, 0.15) is 11.5 Å². The van der Waals surface area contributed by atoms with Gasteiger partial charge < -0.3 is 25.2 Å². The van der Waals surface area contributed by atoms with Gasteiger partial charge in [0.2, 0.25) is 0 Å². The summed E-state index contributed by atoms with van der Waals surface area (Å²) in [5, 5.41) is 23.5. The number of phenolic OH excluding ortho intramolecular Hbond substituents is 2. The summed E-state index contributed by atoms with van der Waals surface area (Å²) in [6, 6.07) is 13.8. The highest BCUT2D eigenvalue weighted by molar-refractivity contribution is 5.36. The first-order valence-electron chi connectivity index (χ1n) is 12.4. The Labute approximate surface area is 198 Å². The molecule has 0 aliphatic carbocycles. The Morgan fingerprint density at radius 2 is 1.91 bits per heavy atom. The van der Waals surface area contributed by atoms with E-state index in [-0.39, 0.29) is 11.5 Å². The van der Waals surface area contributed by atoms with E-state index in [9.17, 15) is 10.2 Å². The van der Waals surface area contributed by atoms with Crippen molar-refractivity contribution in [3.63, 3.8) is 0 Å². The molecule has 2 aliphatic rings. The molecule has 4 atom stereocenters. The third-order valence-corrected chi connectivity index (χ3v) is 8.05. The fourth-order valence-corrected chi connectivity index (χ4v) is 5.43. The van der Waals surface area contributed by atoms with Crippen LogP contribution >= 0.6 is 0 Å². The van der Waals surface area contributed by atoms with Crippen LogP contribution in [-0.4, -0.2) is 53.4 Å². The predicted octanol–water partition coefficient (Wildman–Crippen LogP) is 4.45. The van der Waals surface area contributed by atoms with Crippen LogP contribution in [0.25, 0.3) is 0 Å². The van der Waals surface area contributed by atoms with Crippen LogP contribution in [0.1, 0.15) is 50.8 Å². The van der Waals surface area contributed by atoms with E-state index in [0.29, 0.717) is 36.0 Å². The molecule has 2 aromatic rings. The van der Waals surface area contributed by atoms with Gasteiger partial charge in [0, 0.05) is 32.1 Å². The van der Waals surface area contributed by atoms with E-state index in [0.717, 1.165) is 44.6 Å². The molecule has 1 fully saturated rings. The second-order valence-corrected chi connectivity index (χ2v) is 10.7. The van der Waals surface area contributed by atoms with Crippen molar-refractivity contribution in [3.05, 3.63) is 59.2 Å². The van der Waals surface area contributed by atoms with Crippen molar-refractivity contribution in [2.24, 2.45) is 11.8 Å². The Balaban J connectivity index is 1.32. The van der Waals surface area contributed by atoms with Gasteiger partial charge in [-0.05, 0) is 71.2 Å². The first-order chi connectivity index (χ1) is 15.7. The molecular weight excluding hydrogens is 412 g/mol. The Morgan fingerprint density at radius 1 is 1.12 bits per heavy atom. The SMILES string of the molecule is CC(C)[C@@H](CN1CC[C@@](C)(c2cccc(O)c2)[C@@H](C)C1)NC[C@H]1Cc2ccc(O)cc2CO1. The Bertz CT molecular complexity index is 946. The van der Waals surface area contributed by atoms with E-state index in [2.05, 4.69) is 44.0 Å². The van der Waals surface area contributed by atoms with Gasteiger partial charge in [-0.15, -0.1) is 0 Å². The molecule has 2 aliphatic heterocycles. The molecule has 0 bridgehead atoms. The summed E-state index contributed by atoms with van der Waals surface area (Å²) in [7, 11) is 0. The minimum absolute atomic E-state index is 0.0910. The number of rotatable bonds is 7. The molecule has 5 heteroatoms. The van der Waals surface area contributed by atoms with Crippen LogP contribution in [0, 0.1) is 11.8 Å². The lowest BCUT2D eigenvalue weighted by molar-refractivity contribution is 0.0237. The number of nitrogens with one attached hydrogen (secondary N) is 1. The molecule has 180 valence electrons. The van der Waals surface area contributed by atoms with E-state index >= 15 is 0 Å². The largest absolute Gasteiger partial charge is 0.508 e. The van der Waals surface area contributed by atoms with Crippen molar-refractivity contribution in [1.29, 1.82) is 0 Å². The van der Waals surface area contributed by atoms with Crippen molar-refractivity contribution in [1.82, 2.24) is 10.2 Å². The normalized spacial score (nSPS) is 26.8. The lowest BCUT2D eigenvalue weighted by Gasteiger charge is -2.46. The van der Waals surface area contributed by atoms with Crippen molar-refractivity contribution >= 4 is 0 Å². The van der Waals surface area contributed by atoms with Crippen LogP contribution in [0.15, 0.2) is 42.5 Å². The number of piperidine rings is 1. The summed E-state index contributed by atoms with van der Waals surface area (Å²) >= 11 is 0. The standard InChI is InChI=1S/C28H40N2O3/c1-19(2)27(29-15-26-13-21-8-9-25(32)12-22(21)18-33-26)17-30-11-10-28(4,20(3)16-30)23-6-5-7-24(31)14-23/h5-9,12,14,19-20,26-27,29,31-32H,10-11,13,15-18H2,1-4H3/t20-,26+,27+,28+/m0/s1. The van der Waals surface area contributed by atoms with Gasteiger partial charge in [-0.25, -0.2) is 0 Å². The molecule has 2 heterocycles. The molecule has 0 radical (unpaired) electrons. The van der Waals surface area contributed by atoms with E-state index in [1.165, 1.54) is 11.1 Å². The van der Waals surface area contributed by atoms with Crippen molar-refractivity contribution in [3.8, 4) is 11.5 Å². The molecule has 33 heavy (non-hydrogen) atoms. The maximum Gasteiger partial charge on any atom is 0.115 e. The fraction of sp³-hybridized carbons (Fsp3) is 0.571. The molecule has 1 saturated heterocycles. The van der Waals surface area contributed by atoms with Gasteiger partial charge in [-0.2, -0.15) is 0 Å². The molecule has 0 amide bonds. The predicted molar refractivity (Wildman–Crippen MR) is 133 cm³/mol. The topological polar surface area (TPSA) is 65.0 Å². The summed E-state index contributed by atoms with van der Waals surface area (Å²) in [5.41, 5.74) is 3.72. The smallest absolute Gasteiger partial charge is 0.115 e. The highest BCUT2D eigenvalue weighted by atomic mass is 16.5. The van der Waals surface area contributed by atoms with Crippen molar-refractivity contribution in [2.75, 3.05) is 26.2 Å². The van der Waals surface area contributed by atoms with E-state index < -0.39 is 0 Å². The molecule has 0 unspecified atom stereocenters. The molecule has 5 nitrogen and oxygen atoms in total. The highest BCUT2D eigenvalue weighted by Crippen LogP contribution is 2.40. The third-order valence-electron chi connectivity index (χ3n) is 8.05. The summed E-state index contributed by atoms with van der Waals surface area (Å²) in [5.74, 6) is 1.71. The van der Waals surface area contributed by atoms with Crippen LogP contribution in [0.4, 0.5) is 0 Å². The van der Waals surface area contributed by atoms with E-state index in [1.807, 2.05) is 24.3 Å². The summed E-state index contributed by atoms with van der Waals surface area (Å²) < 4.78 is 6.07. The van der Waals surface area contributed by atoms with Gasteiger partial charge in [-0.1, -0.05) is 45.9 Å². The Hall–Kier alpha value is -2.08. The first kappa shape index (κ1) is 24.1. The molecule has 3 N–H and O–H groups in total. The molecule has 0 saturated carbocycles. The number of phenols is 2. The zero-order valence-electron chi connectivity index (χ0n) is 20.6. The molecule has 0 spiro atoms. The van der Waals surface area contributed by atoms with Gasteiger partial charge in [0.15, 0.2) is 0 Å².